The molecule has 1 aromatic heterocycles. The van der Waals surface area contributed by atoms with Gasteiger partial charge < -0.3 is 14.6 Å². The number of thioether (sulfide) groups is 1. The maximum atomic E-state index is 12.7. The number of benzene rings is 2. The number of rotatable bonds is 7. The van der Waals surface area contributed by atoms with Crippen LogP contribution in [0.1, 0.15) is 35.9 Å². The number of hydrogen-bond donors (Lipinski definition) is 1. The first kappa shape index (κ1) is 19.8. The van der Waals surface area contributed by atoms with Crippen LogP contribution in [0.2, 0.25) is 0 Å². The van der Waals surface area contributed by atoms with E-state index in [9.17, 15) is 14.7 Å². The average molecular weight is 436 g/mol. The molecule has 1 aliphatic heterocycles. The Kier molecular flexibility index (Phi) is 5.19. The van der Waals surface area contributed by atoms with Crippen molar-refractivity contribution in [1.82, 2.24) is 4.57 Å². The summed E-state index contributed by atoms with van der Waals surface area (Å²) in [5, 5.41) is 10.3. The largest absolute Gasteiger partial charge is 0.489 e. The highest BCUT2D eigenvalue weighted by Gasteiger charge is 2.37. The summed E-state index contributed by atoms with van der Waals surface area (Å²) in [6, 6.07) is 17.7. The van der Waals surface area contributed by atoms with E-state index < -0.39 is 12.0 Å². The lowest BCUT2D eigenvalue weighted by molar-refractivity contribution is -0.140. The molecule has 158 valence electrons. The number of carboxylic acid groups (broad SMARTS) is 1. The molecule has 0 radical (unpaired) electrons. The summed E-state index contributed by atoms with van der Waals surface area (Å²) in [4.78, 5) is 24.3. The van der Waals surface area contributed by atoms with Gasteiger partial charge in [0.1, 0.15) is 29.9 Å². The van der Waals surface area contributed by atoms with Gasteiger partial charge in [-0.05, 0) is 48.6 Å². The van der Waals surface area contributed by atoms with Crippen molar-refractivity contribution < 1.29 is 19.4 Å². The molecule has 2 heterocycles. The zero-order valence-corrected chi connectivity index (χ0v) is 17.5. The number of fused-ring (bicyclic) bond motifs is 1. The number of carbonyl (C=O) groups is 1. The number of aromatic nitrogens is 1. The SMILES string of the molecule is O=C(O)[C@@H]1CSc2c(C3CC3)c(COc3cccc(Oc4ccccc4)c3)cc(=O)n21. The van der Waals surface area contributed by atoms with Gasteiger partial charge in [-0.15, -0.1) is 11.8 Å². The summed E-state index contributed by atoms with van der Waals surface area (Å²) < 4.78 is 13.3. The Morgan fingerprint density at radius 3 is 2.52 bits per heavy atom. The summed E-state index contributed by atoms with van der Waals surface area (Å²) in [5.74, 6) is 1.84. The van der Waals surface area contributed by atoms with Crippen LogP contribution in [0.3, 0.4) is 0 Å². The molecule has 31 heavy (non-hydrogen) atoms. The molecule has 1 atom stereocenters. The maximum absolute atomic E-state index is 12.7. The lowest BCUT2D eigenvalue weighted by Crippen LogP contribution is -2.29. The van der Waals surface area contributed by atoms with Crippen LogP contribution in [0.25, 0.3) is 0 Å². The molecule has 0 saturated heterocycles. The van der Waals surface area contributed by atoms with Crippen LogP contribution in [0.15, 0.2) is 70.5 Å². The van der Waals surface area contributed by atoms with Gasteiger partial charge in [-0.3, -0.25) is 9.36 Å². The smallest absolute Gasteiger partial charge is 0.327 e. The molecule has 0 bridgehead atoms. The molecule has 0 spiro atoms. The van der Waals surface area contributed by atoms with Crippen molar-refractivity contribution in [2.45, 2.75) is 36.4 Å². The van der Waals surface area contributed by atoms with Crippen LogP contribution in [0.5, 0.6) is 17.2 Å². The van der Waals surface area contributed by atoms with Crippen molar-refractivity contribution in [2.75, 3.05) is 5.75 Å². The number of aliphatic carboxylic acids is 1. The van der Waals surface area contributed by atoms with Gasteiger partial charge in [0.05, 0.1) is 5.03 Å². The minimum atomic E-state index is -0.964. The monoisotopic (exact) mass is 435 g/mol. The van der Waals surface area contributed by atoms with Gasteiger partial charge in [-0.2, -0.15) is 0 Å². The zero-order valence-electron chi connectivity index (χ0n) is 16.7. The molecule has 1 aliphatic carbocycles. The summed E-state index contributed by atoms with van der Waals surface area (Å²) in [7, 11) is 0. The van der Waals surface area contributed by atoms with E-state index in [1.165, 1.54) is 16.3 Å². The molecule has 5 rings (SSSR count). The second-order valence-corrected chi connectivity index (χ2v) is 8.72. The molecule has 3 aromatic rings. The normalized spacial score (nSPS) is 17.2. The van der Waals surface area contributed by atoms with Gasteiger partial charge in [0.15, 0.2) is 0 Å². The Balaban J connectivity index is 1.39. The van der Waals surface area contributed by atoms with Crippen molar-refractivity contribution in [1.29, 1.82) is 0 Å². The predicted molar refractivity (Wildman–Crippen MR) is 117 cm³/mol. The quantitative estimate of drug-likeness (QED) is 0.573. The van der Waals surface area contributed by atoms with Crippen LogP contribution >= 0.6 is 11.8 Å². The highest BCUT2D eigenvalue weighted by atomic mass is 32.2. The van der Waals surface area contributed by atoms with Gasteiger partial charge in [-0.1, -0.05) is 24.3 Å². The maximum Gasteiger partial charge on any atom is 0.327 e. The lowest BCUT2D eigenvalue weighted by Gasteiger charge is -2.17. The van der Waals surface area contributed by atoms with Gasteiger partial charge >= 0.3 is 5.97 Å². The number of pyridine rings is 1. The van der Waals surface area contributed by atoms with Crippen molar-refractivity contribution in [3.05, 3.63) is 82.1 Å². The van der Waals surface area contributed by atoms with Crippen LogP contribution in [0, 0.1) is 0 Å². The summed E-state index contributed by atoms with van der Waals surface area (Å²) in [6.07, 6.45) is 2.10. The first-order chi connectivity index (χ1) is 15.1. The fraction of sp³-hybridized carbons (Fsp3) is 0.250. The van der Waals surface area contributed by atoms with Crippen molar-refractivity contribution in [3.63, 3.8) is 0 Å². The van der Waals surface area contributed by atoms with E-state index >= 15 is 0 Å². The molecule has 0 unspecified atom stereocenters. The second-order valence-electron chi connectivity index (χ2n) is 7.71. The van der Waals surface area contributed by atoms with E-state index in [1.54, 1.807) is 6.07 Å². The van der Waals surface area contributed by atoms with Crippen LogP contribution in [-0.2, 0) is 11.4 Å². The third-order valence-corrected chi connectivity index (χ3v) is 6.64. The standard InChI is InChI=1S/C24H21NO5S/c26-21-11-16(22(15-9-10-15)23-25(21)20(14-31-23)24(27)28)13-29-18-7-4-8-19(12-18)30-17-5-2-1-3-6-17/h1-8,11-12,15,20H,9-10,13-14H2,(H,27,28)/t20-/m0/s1. The minimum absolute atomic E-state index is 0.252. The van der Waals surface area contributed by atoms with E-state index in [4.69, 9.17) is 9.47 Å². The first-order valence-electron chi connectivity index (χ1n) is 10.2. The predicted octanol–water partition coefficient (Wildman–Crippen LogP) is 4.83. The minimum Gasteiger partial charge on any atom is -0.489 e. The number of hydrogen-bond acceptors (Lipinski definition) is 5. The Labute approximate surface area is 183 Å². The van der Waals surface area contributed by atoms with Crippen molar-refractivity contribution in [2.24, 2.45) is 0 Å². The summed E-state index contributed by atoms with van der Waals surface area (Å²) in [5.41, 5.74) is 1.63. The molecule has 2 aliphatic rings. The fourth-order valence-electron chi connectivity index (χ4n) is 3.86. The molecule has 1 saturated carbocycles. The highest BCUT2D eigenvalue weighted by Crippen LogP contribution is 2.48. The van der Waals surface area contributed by atoms with Crippen molar-refractivity contribution >= 4 is 17.7 Å². The van der Waals surface area contributed by atoms with E-state index in [2.05, 4.69) is 0 Å². The average Bonchev–Trinajstić information content (AvgIpc) is 3.49. The topological polar surface area (TPSA) is 77.8 Å². The van der Waals surface area contributed by atoms with E-state index in [0.717, 1.165) is 34.7 Å². The first-order valence-corrected chi connectivity index (χ1v) is 11.2. The van der Waals surface area contributed by atoms with Gasteiger partial charge in [0, 0.05) is 23.4 Å². The van der Waals surface area contributed by atoms with Gasteiger partial charge in [0.2, 0.25) is 0 Å². The highest BCUT2D eigenvalue weighted by molar-refractivity contribution is 7.99. The lowest BCUT2D eigenvalue weighted by atomic mass is 10.1. The molecule has 1 N–H and O–H groups in total. The van der Waals surface area contributed by atoms with E-state index in [0.29, 0.717) is 23.2 Å². The Bertz CT molecular complexity index is 1190. The van der Waals surface area contributed by atoms with Crippen LogP contribution in [0.4, 0.5) is 0 Å². The second kappa shape index (κ2) is 8.15. The number of para-hydroxylation sites is 1. The Morgan fingerprint density at radius 1 is 1.03 bits per heavy atom. The third kappa shape index (κ3) is 4.05. The summed E-state index contributed by atoms with van der Waals surface area (Å²) >= 11 is 1.46. The molecular formula is C24H21NO5S. The molecule has 6 nitrogen and oxygen atoms in total. The molecular weight excluding hydrogens is 414 g/mol. The molecule has 1 fully saturated rings. The van der Waals surface area contributed by atoms with Crippen LogP contribution in [-0.4, -0.2) is 21.4 Å². The van der Waals surface area contributed by atoms with E-state index in [1.807, 2.05) is 54.6 Å². The van der Waals surface area contributed by atoms with Crippen LogP contribution < -0.4 is 15.0 Å². The number of nitrogens with zero attached hydrogens (tertiary/aromatic N) is 1. The number of ether oxygens (including phenoxy) is 2. The zero-order chi connectivity index (χ0) is 21.4. The van der Waals surface area contributed by atoms with Crippen molar-refractivity contribution in [3.8, 4) is 17.2 Å². The van der Waals surface area contributed by atoms with Gasteiger partial charge in [0.25, 0.3) is 5.56 Å². The Morgan fingerprint density at radius 2 is 1.77 bits per heavy atom. The molecule has 7 heteroatoms. The van der Waals surface area contributed by atoms with E-state index in [-0.39, 0.29) is 12.2 Å². The fourth-order valence-corrected chi connectivity index (χ4v) is 5.28. The van der Waals surface area contributed by atoms with Gasteiger partial charge in [-0.25, -0.2) is 4.79 Å². The third-order valence-electron chi connectivity index (χ3n) is 5.47. The Hall–Kier alpha value is -3.19. The summed E-state index contributed by atoms with van der Waals surface area (Å²) in [6.45, 7) is 0.252. The number of carboxylic acids is 1. The molecule has 2 aromatic carbocycles. The molecule has 0 amide bonds.